The first kappa shape index (κ1) is 29.6. The molecule has 7 N–H and O–H groups in total. The van der Waals surface area contributed by atoms with Gasteiger partial charge in [-0.25, -0.2) is 0 Å². The Morgan fingerprint density at radius 1 is 0.636 bits per heavy atom. The summed E-state index contributed by atoms with van der Waals surface area (Å²) in [6, 6.07) is 0. The van der Waals surface area contributed by atoms with E-state index in [0.717, 1.165) is 0 Å². The molecule has 0 radical (unpaired) electrons. The molecule has 140 valence electrons. The lowest BCUT2D eigenvalue weighted by Gasteiger charge is -2.13. The van der Waals surface area contributed by atoms with E-state index in [9.17, 15) is 0 Å². The highest BCUT2D eigenvalue weighted by atomic mass is 16.5. The van der Waals surface area contributed by atoms with E-state index in [0.29, 0.717) is 6.61 Å². The maximum atomic E-state index is 8.55. The number of rotatable bonds is 8. The zero-order valence-electron chi connectivity index (χ0n) is 13.8. The SMILES string of the molecule is COC(C)COC(C)CO.OCCO.OCCO.OCCO. The molecular weight excluding hydrogens is 300 g/mol. The van der Waals surface area contributed by atoms with Crippen LogP contribution in [0.3, 0.4) is 0 Å². The Labute approximate surface area is 132 Å². The smallest absolute Gasteiger partial charge is 0.0779 e. The van der Waals surface area contributed by atoms with Gasteiger partial charge in [0.05, 0.1) is 65.1 Å². The fourth-order valence-electron chi connectivity index (χ4n) is 0.421. The zero-order chi connectivity index (χ0) is 18.2. The van der Waals surface area contributed by atoms with Crippen LogP contribution in [0.5, 0.6) is 0 Å². The minimum Gasteiger partial charge on any atom is -0.394 e. The summed E-state index contributed by atoms with van der Waals surface area (Å²) < 4.78 is 10.1. The number of aliphatic hydroxyl groups excluding tert-OH is 7. The molecule has 0 amide bonds. The standard InChI is InChI=1S/C7H16O3.3C2H6O2/c1-6(4-8)10-5-7(2)9-3;3*3-1-2-4/h6-8H,4-5H2,1-3H3;3*3-4H,1-2H2. The maximum Gasteiger partial charge on any atom is 0.0779 e. The van der Waals surface area contributed by atoms with Crippen LogP contribution in [0.2, 0.25) is 0 Å². The van der Waals surface area contributed by atoms with Crippen molar-refractivity contribution in [2.45, 2.75) is 26.1 Å². The lowest BCUT2D eigenvalue weighted by molar-refractivity contribution is -0.0313. The second kappa shape index (κ2) is 32.5. The molecule has 2 atom stereocenters. The van der Waals surface area contributed by atoms with Gasteiger partial charge >= 0.3 is 0 Å². The molecule has 2 unspecified atom stereocenters. The summed E-state index contributed by atoms with van der Waals surface area (Å²) in [7, 11) is 1.64. The number of ether oxygens (including phenoxy) is 2. The van der Waals surface area contributed by atoms with Gasteiger partial charge in [-0.2, -0.15) is 0 Å². The third kappa shape index (κ3) is 50.4. The molecule has 0 aromatic rings. The summed E-state index contributed by atoms with van der Waals surface area (Å²) in [5, 5.41) is 54.3. The van der Waals surface area contributed by atoms with Crippen LogP contribution < -0.4 is 0 Å². The van der Waals surface area contributed by atoms with Crippen molar-refractivity contribution in [3.05, 3.63) is 0 Å². The topological polar surface area (TPSA) is 160 Å². The van der Waals surface area contributed by atoms with Crippen LogP contribution in [0.4, 0.5) is 0 Å². The predicted molar refractivity (Wildman–Crippen MR) is 81.5 cm³/mol. The van der Waals surface area contributed by atoms with E-state index in [4.69, 9.17) is 45.2 Å². The summed E-state index contributed by atoms with van der Waals surface area (Å²) in [4.78, 5) is 0. The van der Waals surface area contributed by atoms with Crippen molar-refractivity contribution in [1.82, 2.24) is 0 Å². The number of hydrogen-bond acceptors (Lipinski definition) is 9. The van der Waals surface area contributed by atoms with Crippen LogP contribution >= 0.6 is 0 Å². The van der Waals surface area contributed by atoms with E-state index < -0.39 is 0 Å². The largest absolute Gasteiger partial charge is 0.394 e. The highest BCUT2D eigenvalue weighted by Gasteiger charge is 2.03. The van der Waals surface area contributed by atoms with Gasteiger partial charge < -0.3 is 45.2 Å². The van der Waals surface area contributed by atoms with E-state index in [-0.39, 0.29) is 58.5 Å². The first-order chi connectivity index (χ1) is 10.4. The van der Waals surface area contributed by atoms with Gasteiger partial charge in [0.1, 0.15) is 0 Å². The normalized spacial score (nSPS) is 11.7. The third-order valence-electron chi connectivity index (χ3n) is 1.57. The molecule has 0 aliphatic rings. The molecule has 0 aromatic heterocycles. The lowest BCUT2D eigenvalue weighted by Crippen LogP contribution is -2.21. The summed E-state index contributed by atoms with van der Waals surface area (Å²) in [5.74, 6) is 0. The van der Waals surface area contributed by atoms with Gasteiger partial charge in [0.25, 0.3) is 0 Å². The second-order valence-corrected chi connectivity index (χ2v) is 3.71. The monoisotopic (exact) mass is 334 g/mol. The van der Waals surface area contributed by atoms with Crippen molar-refractivity contribution < 1.29 is 45.2 Å². The zero-order valence-corrected chi connectivity index (χ0v) is 13.8. The van der Waals surface area contributed by atoms with Crippen LogP contribution in [-0.2, 0) is 9.47 Å². The number of hydrogen-bond donors (Lipinski definition) is 7. The van der Waals surface area contributed by atoms with Gasteiger partial charge in [0, 0.05) is 7.11 Å². The molecule has 0 aliphatic carbocycles. The Balaban J connectivity index is -0.000000112. The molecule has 0 aliphatic heterocycles. The van der Waals surface area contributed by atoms with E-state index in [1.165, 1.54) is 0 Å². The predicted octanol–water partition coefficient (Wildman–Crippen LogP) is -2.67. The van der Waals surface area contributed by atoms with Gasteiger partial charge in [-0.1, -0.05) is 0 Å². The molecule has 9 heteroatoms. The van der Waals surface area contributed by atoms with Gasteiger partial charge in [0.2, 0.25) is 0 Å². The van der Waals surface area contributed by atoms with Crippen molar-refractivity contribution in [3.63, 3.8) is 0 Å². The molecule has 0 rings (SSSR count). The van der Waals surface area contributed by atoms with E-state index in [2.05, 4.69) is 0 Å². The van der Waals surface area contributed by atoms with Gasteiger partial charge in [-0.15, -0.1) is 0 Å². The average molecular weight is 334 g/mol. The highest BCUT2D eigenvalue weighted by Crippen LogP contribution is 1.93. The summed E-state index contributed by atoms with van der Waals surface area (Å²) in [6.45, 7) is 3.60. The van der Waals surface area contributed by atoms with Gasteiger partial charge in [-0.3, -0.25) is 0 Å². The van der Waals surface area contributed by atoms with Gasteiger partial charge in [-0.05, 0) is 13.8 Å². The quantitative estimate of drug-likeness (QED) is 0.251. The summed E-state index contributed by atoms with van der Waals surface area (Å²) in [5.41, 5.74) is 0. The minimum absolute atomic E-state index is 0.0659. The summed E-state index contributed by atoms with van der Waals surface area (Å²) in [6.07, 6.45) is 0.0200. The highest BCUT2D eigenvalue weighted by molar-refractivity contribution is 4.49. The lowest BCUT2D eigenvalue weighted by atomic mass is 10.4. The van der Waals surface area contributed by atoms with Crippen molar-refractivity contribution in [2.24, 2.45) is 0 Å². The molecule has 0 bridgehead atoms. The fourth-order valence-corrected chi connectivity index (χ4v) is 0.421. The second-order valence-electron chi connectivity index (χ2n) is 3.71. The van der Waals surface area contributed by atoms with Crippen LogP contribution in [-0.4, -0.2) is 108 Å². The number of methoxy groups -OCH3 is 1. The molecule has 0 spiro atoms. The van der Waals surface area contributed by atoms with Crippen molar-refractivity contribution in [2.75, 3.05) is 60.0 Å². The summed E-state index contributed by atoms with van der Waals surface area (Å²) >= 11 is 0. The Morgan fingerprint density at radius 3 is 1.14 bits per heavy atom. The maximum absolute atomic E-state index is 8.55. The minimum atomic E-state index is -0.125. The Morgan fingerprint density at radius 2 is 0.955 bits per heavy atom. The van der Waals surface area contributed by atoms with E-state index >= 15 is 0 Å². The first-order valence-corrected chi connectivity index (χ1v) is 6.85. The molecule has 0 aromatic carbocycles. The first-order valence-electron chi connectivity index (χ1n) is 6.85. The Hall–Kier alpha value is -0.360. The molecular formula is C13H34O9. The molecule has 22 heavy (non-hydrogen) atoms. The van der Waals surface area contributed by atoms with E-state index in [1.807, 2.05) is 13.8 Å². The third-order valence-corrected chi connectivity index (χ3v) is 1.57. The molecule has 0 fully saturated rings. The van der Waals surface area contributed by atoms with Crippen LogP contribution in [0.25, 0.3) is 0 Å². The molecule has 0 saturated carbocycles. The Bertz CT molecular complexity index is 124. The molecule has 0 heterocycles. The van der Waals surface area contributed by atoms with Crippen molar-refractivity contribution in [3.8, 4) is 0 Å². The van der Waals surface area contributed by atoms with Gasteiger partial charge in [0.15, 0.2) is 0 Å². The molecule has 9 nitrogen and oxygen atoms in total. The molecule has 0 saturated heterocycles. The average Bonchev–Trinajstić information content (AvgIpc) is 2.59. The fraction of sp³-hybridized carbons (Fsp3) is 1.00. The van der Waals surface area contributed by atoms with Crippen LogP contribution in [0, 0.1) is 0 Å². The van der Waals surface area contributed by atoms with Crippen LogP contribution in [0.1, 0.15) is 13.8 Å². The van der Waals surface area contributed by atoms with Crippen molar-refractivity contribution >= 4 is 0 Å². The Kier molecular flexibility index (Phi) is 43.8. The van der Waals surface area contributed by atoms with Crippen molar-refractivity contribution in [1.29, 1.82) is 0 Å². The van der Waals surface area contributed by atoms with Crippen LogP contribution in [0.15, 0.2) is 0 Å². The number of aliphatic hydroxyl groups is 7. The van der Waals surface area contributed by atoms with E-state index in [1.54, 1.807) is 7.11 Å².